The van der Waals surface area contributed by atoms with Gasteiger partial charge in [-0.1, -0.05) is 26.7 Å². The van der Waals surface area contributed by atoms with Gasteiger partial charge in [-0.25, -0.2) is 4.79 Å². The Morgan fingerprint density at radius 2 is 1.48 bits per heavy atom. The van der Waals surface area contributed by atoms with Crippen molar-refractivity contribution < 1.29 is 14.6 Å². The van der Waals surface area contributed by atoms with E-state index in [0.29, 0.717) is 11.3 Å². The predicted octanol–water partition coefficient (Wildman–Crippen LogP) is 5.89. The fourth-order valence-electron chi connectivity index (χ4n) is 4.58. The Bertz CT molecular complexity index is 661. The zero-order chi connectivity index (χ0) is 21.8. The second kappa shape index (κ2) is 9.51. The first-order valence-corrected chi connectivity index (χ1v) is 11.3. The lowest BCUT2D eigenvalue weighted by molar-refractivity contribution is -0.0732. The minimum atomic E-state index is -0.262. The number of nitrogens with zero attached hydrogens (tertiary/aromatic N) is 1. The van der Waals surface area contributed by atoms with Crippen molar-refractivity contribution in [3.8, 4) is 5.75 Å². The maximum Gasteiger partial charge on any atom is 0.338 e. The van der Waals surface area contributed by atoms with Crippen LogP contribution in [0.5, 0.6) is 5.75 Å². The number of aryl methyl sites for hydroxylation is 2. The molecule has 4 nitrogen and oxygen atoms in total. The Kier molecular flexibility index (Phi) is 7.78. The number of hydrogen-bond acceptors (Lipinski definition) is 4. The van der Waals surface area contributed by atoms with Crippen molar-refractivity contribution in [3.63, 3.8) is 0 Å². The molecule has 0 aliphatic carbocycles. The highest BCUT2D eigenvalue weighted by Crippen LogP contribution is 2.38. The van der Waals surface area contributed by atoms with Crippen LogP contribution in [0.15, 0.2) is 12.1 Å². The van der Waals surface area contributed by atoms with Gasteiger partial charge in [0.1, 0.15) is 11.9 Å². The summed E-state index contributed by atoms with van der Waals surface area (Å²) >= 11 is 0. The Morgan fingerprint density at radius 3 is 1.90 bits per heavy atom. The standard InChI is InChI=1S/C25H41NO3/c1-8-10-12-18-14-20(15-19(22(18)27)13-11-9-2)23(28)29-21-16-24(3,4)26(7)25(5,6)17-21/h14-15,21,27H,8-13,16-17H2,1-7H3. The van der Waals surface area contributed by atoms with Gasteiger partial charge in [-0.3, -0.25) is 4.90 Å². The van der Waals surface area contributed by atoms with Gasteiger partial charge in [-0.05, 0) is 83.7 Å². The summed E-state index contributed by atoms with van der Waals surface area (Å²) < 4.78 is 6.01. The minimum Gasteiger partial charge on any atom is -0.507 e. The number of piperidine rings is 1. The van der Waals surface area contributed by atoms with Crippen LogP contribution in [0, 0.1) is 0 Å². The summed E-state index contributed by atoms with van der Waals surface area (Å²) in [6.07, 6.45) is 7.22. The van der Waals surface area contributed by atoms with E-state index in [-0.39, 0.29) is 23.2 Å². The van der Waals surface area contributed by atoms with Crippen LogP contribution >= 0.6 is 0 Å². The summed E-state index contributed by atoms with van der Waals surface area (Å²) in [5.74, 6) is 0.103. The number of carbonyl (C=O) groups is 1. The minimum absolute atomic E-state index is 0.0276. The van der Waals surface area contributed by atoms with Gasteiger partial charge in [-0.15, -0.1) is 0 Å². The highest BCUT2D eigenvalue weighted by atomic mass is 16.5. The van der Waals surface area contributed by atoms with E-state index in [4.69, 9.17) is 4.74 Å². The number of aromatic hydroxyl groups is 1. The van der Waals surface area contributed by atoms with E-state index >= 15 is 0 Å². The van der Waals surface area contributed by atoms with Crippen LogP contribution in [0.25, 0.3) is 0 Å². The van der Waals surface area contributed by atoms with Crippen LogP contribution < -0.4 is 0 Å². The third-order valence-electron chi connectivity index (χ3n) is 6.65. The second-order valence-electron chi connectivity index (χ2n) is 9.97. The average Bonchev–Trinajstić information content (AvgIpc) is 2.63. The Labute approximate surface area is 177 Å². The lowest BCUT2D eigenvalue weighted by atomic mass is 9.78. The van der Waals surface area contributed by atoms with Crippen LogP contribution in [0.4, 0.5) is 0 Å². The molecular weight excluding hydrogens is 362 g/mol. The fourth-order valence-corrected chi connectivity index (χ4v) is 4.58. The molecule has 1 heterocycles. The van der Waals surface area contributed by atoms with Gasteiger partial charge in [-0.2, -0.15) is 0 Å². The molecule has 164 valence electrons. The van der Waals surface area contributed by atoms with Crippen molar-refractivity contribution >= 4 is 5.97 Å². The molecule has 29 heavy (non-hydrogen) atoms. The van der Waals surface area contributed by atoms with Crippen molar-refractivity contribution in [1.82, 2.24) is 4.90 Å². The van der Waals surface area contributed by atoms with E-state index in [0.717, 1.165) is 62.5 Å². The molecular formula is C25H41NO3. The topological polar surface area (TPSA) is 49.8 Å². The summed E-state index contributed by atoms with van der Waals surface area (Å²) in [6.45, 7) is 13.1. The molecule has 0 spiro atoms. The van der Waals surface area contributed by atoms with E-state index < -0.39 is 0 Å². The van der Waals surface area contributed by atoms with Gasteiger partial charge in [0, 0.05) is 23.9 Å². The average molecular weight is 404 g/mol. The molecule has 0 amide bonds. The summed E-state index contributed by atoms with van der Waals surface area (Å²) in [5, 5.41) is 10.7. The second-order valence-corrected chi connectivity index (χ2v) is 9.97. The van der Waals surface area contributed by atoms with Crippen LogP contribution in [0.2, 0.25) is 0 Å². The summed E-state index contributed by atoms with van der Waals surface area (Å²) in [7, 11) is 2.15. The highest BCUT2D eigenvalue weighted by molar-refractivity contribution is 5.90. The van der Waals surface area contributed by atoms with E-state index in [9.17, 15) is 9.90 Å². The molecule has 0 saturated carbocycles. The maximum absolute atomic E-state index is 13.1. The molecule has 0 radical (unpaired) electrons. The monoisotopic (exact) mass is 403 g/mol. The Morgan fingerprint density at radius 1 is 1.03 bits per heavy atom. The quantitative estimate of drug-likeness (QED) is 0.550. The number of hydrogen-bond donors (Lipinski definition) is 1. The highest BCUT2D eigenvalue weighted by Gasteiger charge is 2.44. The van der Waals surface area contributed by atoms with E-state index in [1.807, 2.05) is 12.1 Å². The molecule has 2 rings (SSSR count). The van der Waals surface area contributed by atoms with Gasteiger partial charge in [0.15, 0.2) is 0 Å². The lowest BCUT2D eigenvalue weighted by Gasteiger charge is -2.53. The van der Waals surface area contributed by atoms with Crippen molar-refractivity contribution in [3.05, 3.63) is 28.8 Å². The van der Waals surface area contributed by atoms with Crippen molar-refractivity contribution in [2.75, 3.05) is 7.05 Å². The molecule has 0 aromatic heterocycles. The van der Waals surface area contributed by atoms with Crippen LogP contribution in [0.3, 0.4) is 0 Å². The van der Waals surface area contributed by atoms with Gasteiger partial charge >= 0.3 is 5.97 Å². The van der Waals surface area contributed by atoms with E-state index in [1.165, 1.54) is 0 Å². The first kappa shape index (κ1) is 23.7. The molecule has 1 aliphatic rings. The molecule has 1 aromatic carbocycles. The predicted molar refractivity (Wildman–Crippen MR) is 120 cm³/mol. The first-order valence-electron chi connectivity index (χ1n) is 11.3. The summed E-state index contributed by atoms with van der Waals surface area (Å²) in [6, 6.07) is 3.68. The SMILES string of the molecule is CCCCc1cc(C(=O)OC2CC(C)(C)N(C)C(C)(C)C2)cc(CCCC)c1O. The normalized spacial score (nSPS) is 19.3. The molecule has 4 heteroatoms. The number of unbranched alkanes of at least 4 members (excludes halogenated alkanes) is 2. The molecule has 1 N–H and O–H groups in total. The van der Waals surface area contributed by atoms with Crippen molar-refractivity contribution in [1.29, 1.82) is 0 Å². The van der Waals surface area contributed by atoms with Crippen LogP contribution in [-0.2, 0) is 17.6 Å². The van der Waals surface area contributed by atoms with Gasteiger partial charge in [0.25, 0.3) is 0 Å². The maximum atomic E-state index is 13.1. The Balaban J connectivity index is 2.25. The van der Waals surface area contributed by atoms with Gasteiger partial charge in [0.2, 0.25) is 0 Å². The number of phenolic OH excluding ortho intramolecular Hbond substituents is 1. The number of likely N-dealkylation sites (tertiary alicyclic amines) is 1. The van der Waals surface area contributed by atoms with Crippen molar-refractivity contribution in [2.24, 2.45) is 0 Å². The van der Waals surface area contributed by atoms with Gasteiger partial charge < -0.3 is 9.84 Å². The smallest absolute Gasteiger partial charge is 0.338 e. The molecule has 1 aliphatic heterocycles. The van der Waals surface area contributed by atoms with E-state index in [1.54, 1.807) is 0 Å². The van der Waals surface area contributed by atoms with Gasteiger partial charge in [0.05, 0.1) is 5.56 Å². The third kappa shape index (κ3) is 5.75. The molecule has 1 fully saturated rings. The van der Waals surface area contributed by atoms with Crippen molar-refractivity contribution in [2.45, 2.75) is 110 Å². The number of carbonyl (C=O) groups excluding carboxylic acids is 1. The number of rotatable bonds is 8. The first-order chi connectivity index (χ1) is 13.5. The summed E-state index contributed by atoms with van der Waals surface area (Å²) in [5.41, 5.74) is 2.27. The zero-order valence-corrected chi connectivity index (χ0v) is 19.6. The molecule has 0 atom stereocenters. The molecule has 0 unspecified atom stereocenters. The third-order valence-corrected chi connectivity index (χ3v) is 6.65. The fraction of sp³-hybridized carbons (Fsp3) is 0.720. The number of benzene rings is 1. The molecule has 1 aromatic rings. The number of phenols is 1. The zero-order valence-electron chi connectivity index (χ0n) is 19.6. The largest absolute Gasteiger partial charge is 0.507 e. The van der Waals surface area contributed by atoms with Crippen LogP contribution in [0.1, 0.15) is 102 Å². The van der Waals surface area contributed by atoms with E-state index in [2.05, 4.69) is 53.5 Å². The summed E-state index contributed by atoms with van der Waals surface area (Å²) in [4.78, 5) is 15.4. The lowest BCUT2D eigenvalue weighted by Crippen LogP contribution is -2.60. The molecule has 0 bridgehead atoms. The number of esters is 1. The Hall–Kier alpha value is -1.55. The van der Waals surface area contributed by atoms with Crippen LogP contribution in [-0.4, -0.2) is 40.2 Å². The number of ether oxygens (including phenoxy) is 1. The molecule has 1 saturated heterocycles.